The summed E-state index contributed by atoms with van der Waals surface area (Å²) in [6.45, 7) is 4.06. The molecule has 8 heteroatoms. The first-order valence-electron chi connectivity index (χ1n) is 8.19. The van der Waals surface area contributed by atoms with Crippen molar-refractivity contribution in [3.8, 4) is 11.3 Å². The zero-order valence-electron chi connectivity index (χ0n) is 14.9. The largest absolute Gasteiger partial charge is 0.451 e. The van der Waals surface area contributed by atoms with Crippen molar-refractivity contribution >= 4 is 63.7 Å². The number of carbonyl (C=O) groups is 1. The van der Waals surface area contributed by atoms with Crippen molar-refractivity contribution in [3.63, 3.8) is 0 Å². The summed E-state index contributed by atoms with van der Waals surface area (Å²) in [6, 6.07) is 12.3. The molecule has 144 valence electrons. The third-order valence-corrected chi connectivity index (χ3v) is 5.35. The Labute approximate surface area is 182 Å². The summed E-state index contributed by atoms with van der Waals surface area (Å²) in [5.74, 6) is 0.251. The summed E-state index contributed by atoms with van der Waals surface area (Å²) < 4.78 is 5.67. The van der Waals surface area contributed by atoms with Gasteiger partial charge >= 0.3 is 0 Å². The molecular weight excluding hydrogens is 439 g/mol. The molecule has 1 heterocycles. The highest BCUT2D eigenvalue weighted by molar-refractivity contribution is 7.80. The Balaban J connectivity index is 1.70. The van der Waals surface area contributed by atoms with Crippen molar-refractivity contribution in [1.82, 2.24) is 5.32 Å². The second kappa shape index (κ2) is 8.53. The molecule has 0 aliphatic rings. The number of furan rings is 1. The number of hydrogen-bond acceptors (Lipinski definition) is 3. The molecule has 3 aromatic rings. The minimum Gasteiger partial charge on any atom is -0.451 e. The van der Waals surface area contributed by atoms with Crippen molar-refractivity contribution in [2.45, 2.75) is 13.8 Å². The molecule has 3 rings (SSSR count). The van der Waals surface area contributed by atoms with Crippen LogP contribution in [0.1, 0.15) is 21.7 Å². The number of benzene rings is 2. The van der Waals surface area contributed by atoms with E-state index in [-0.39, 0.29) is 10.9 Å². The number of nitrogens with one attached hydrogen (secondary N) is 2. The Morgan fingerprint density at radius 2 is 1.64 bits per heavy atom. The molecule has 0 aliphatic carbocycles. The normalized spacial score (nSPS) is 10.6. The number of anilines is 1. The van der Waals surface area contributed by atoms with Gasteiger partial charge in [0.05, 0.1) is 20.8 Å². The molecule has 0 radical (unpaired) electrons. The van der Waals surface area contributed by atoms with E-state index in [1.165, 1.54) is 17.7 Å². The van der Waals surface area contributed by atoms with Gasteiger partial charge in [-0.15, -0.1) is 0 Å². The van der Waals surface area contributed by atoms with Gasteiger partial charge in [-0.1, -0.05) is 46.9 Å². The van der Waals surface area contributed by atoms with Crippen LogP contribution in [0.4, 0.5) is 5.69 Å². The molecule has 0 bridgehead atoms. The SMILES string of the molecule is Cc1ccc(-c2ccc(C(=O)NC(=S)Nc3cc(Cl)c(Cl)cc3Cl)o2)cc1C. The summed E-state index contributed by atoms with van der Waals surface area (Å²) in [6.07, 6.45) is 0. The van der Waals surface area contributed by atoms with E-state index in [0.29, 0.717) is 26.5 Å². The molecule has 0 unspecified atom stereocenters. The van der Waals surface area contributed by atoms with Crippen LogP contribution in [0, 0.1) is 13.8 Å². The standard InChI is InChI=1S/C20H15Cl3N2O2S/c1-10-3-4-12(7-11(10)2)17-5-6-18(27-17)19(26)25-20(28)24-16-9-14(22)13(21)8-15(16)23/h3-9H,1-2H3,(H2,24,25,26,28). The minimum absolute atomic E-state index is 0.0504. The van der Waals surface area contributed by atoms with E-state index in [1.807, 2.05) is 32.0 Å². The minimum atomic E-state index is -0.483. The zero-order valence-corrected chi connectivity index (χ0v) is 18.0. The van der Waals surface area contributed by atoms with E-state index in [4.69, 9.17) is 51.4 Å². The molecule has 4 nitrogen and oxygen atoms in total. The highest BCUT2D eigenvalue weighted by Crippen LogP contribution is 2.32. The molecule has 2 aromatic carbocycles. The number of amides is 1. The van der Waals surface area contributed by atoms with E-state index in [9.17, 15) is 4.79 Å². The predicted octanol–water partition coefficient (Wildman–Crippen LogP) is 6.65. The second-order valence-corrected chi connectivity index (χ2v) is 7.75. The van der Waals surface area contributed by atoms with Crippen LogP contribution in [-0.4, -0.2) is 11.0 Å². The van der Waals surface area contributed by atoms with Crippen molar-refractivity contribution in [1.29, 1.82) is 0 Å². The molecule has 28 heavy (non-hydrogen) atoms. The molecule has 1 amide bonds. The van der Waals surface area contributed by atoms with E-state index in [0.717, 1.165) is 11.1 Å². The maximum Gasteiger partial charge on any atom is 0.293 e. The maximum atomic E-state index is 12.4. The van der Waals surface area contributed by atoms with E-state index >= 15 is 0 Å². The second-order valence-electron chi connectivity index (χ2n) is 6.12. The van der Waals surface area contributed by atoms with Crippen LogP contribution in [0.2, 0.25) is 15.1 Å². The zero-order chi connectivity index (χ0) is 20.4. The average Bonchev–Trinajstić information content (AvgIpc) is 3.12. The van der Waals surface area contributed by atoms with E-state index in [2.05, 4.69) is 10.6 Å². The van der Waals surface area contributed by atoms with E-state index in [1.54, 1.807) is 12.1 Å². The van der Waals surface area contributed by atoms with Crippen molar-refractivity contribution in [3.05, 3.63) is 74.4 Å². The fourth-order valence-electron chi connectivity index (χ4n) is 2.45. The quantitative estimate of drug-likeness (QED) is 0.344. The van der Waals surface area contributed by atoms with Gasteiger partial charge in [-0.05, 0) is 67.5 Å². The molecular formula is C20H15Cl3N2O2S. The summed E-state index contributed by atoms with van der Waals surface area (Å²) >= 11 is 23.1. The topological polar surface area (TPSA) is 54.3 Å². The number of hydrogen-bond donors (Lipinski definition) is 2. The Hall–Kier alpha value is -2.05. The van der Waals surface area contributed by atoms with Gasteiger partial charge in [0.2, 0.25) is 0 Å². The molecule has 0 aliphatic heterocycles. The van der Waals surface area contributed by atoms with Crippen LogP contribution in [0.15, 0.2) is 46.9 Å². The van der Waals surface area contributed by atoms with Gasteiger partial charge in [-0.2, -0.15) is 0 Å². The van der Waals surface area contributed by atoms with E-state index < -0.39 is 5.91 Å². The van der Waals surface area contributed by atoms with Crippen LogP contribution < -0.4 is 10.6 Å². The van der Waals surface area contributed by atoms with Crippen LogP contribution in [0.5, 0.6) is 0 Å². The average molecular weight is 454 g/mol. The number of halogens is 3. The van der Waals surface area contributed by atoms with Crippen LogP contribution in [0.3, 0.4) is 0 Å². The molecule has 0 fully saturated rings. The Bertz CT molecular complexity index is 1080. The summed E-state index contributed by atoms with van der Waals surface area (Å²) in [7, 11) is 0. The van der Waals surface area contributed by atoms with Crippen LogP contribution in [-0.2, 0) is 0 Å². The lowest BCUT2D eigenvalue weighted by Crippen LogP contribution is -2.33. The van der Waals surface area contributed by atoms with Gasteiger partial charge in [0.1, 0.15) is 5.76 Å². The smallest absolute Gasteiger partial charge is 0.293 e. The Morgan fingerprint density at radius 3 is 2.36 bits per heavy atom. The van der Waals surface area contributed by atoms with Gasteiger partial charge in [0, 0.05) is 5.56 Å². The highest BCUT2D eigenvalue weighted by Gasteiger charge is 2.15. The molecule has 0 saturated heterocycles. The molecule has 0 saturated carbocycles. The third kappa shape index (κ3) is 4.67. The summed E-state index contributed by atoms with van der Waals surface area (Å²) in [5, 5.41) is 6.36. The number of thiocarbonyl (C=S) groups is 1. The van der Waals surface area contributed by atoms with Crippen molar-refractivity contribution < 1.29 is 9.21 Å². The van der Waals surface area contributed by atoms with Gasteiger partial charge in [0.25, 0.3) is 5.91 Å². The third-order valence-electron chi connectivity index (χ3n) is 4.11. The van der Waals surface area contributed by atoms with Gasteiger partial charge in [-0.3, -0.25) is 10.1 Å². The molecule has 0 atom stereocenters. The predicted molar refractivity (Wildman–Crippen MR) is 119 cm³/mol. The summed E-state index contributed by atoms with van der Waals surface area (Å²) in [5.41, 5.74) is 3.65. The van der Waals surface area contributed by atoms with Crippen LogP contribution >= 0.6 is 47.0 Å². The molecule has 2 N–H and O–H groups in total. The number of aryl methyl sites for hydroxylation is 2. The lowest BCUT2D eigenvalue weighted by Gasteiger charge is -2.11. The number of carbonyl (C=O) groups excluding carboxylic acids is 1. The van der Waals surface area contributed by atoms with Crippen LogP contribution in [0.25, 0.3) is 11.3 Å². The monoisotopic (exact) mass is 452 g/mol. The van der Waals surface area contributed by atoms with Gasteiger partial charge in [-0.25, -0.2) is 0 Å². The molecule has 1 aromatic heterocycles. The fourth-order valence-corrected chi connectivity index (χ4v) is 3.24. The fraction of sp³-hybridized carbons (Fsp3) is 0.100. The van der Waals surface area contributed by atoms with Crippen molar-refractivity contribution in [2.75, 3.05) is 5.32 Å². The lowest BCUT2D eigenvalue weighted by molar-refractivity contribution is 0.0951. The first kappa shape index (κ1) is 20.7. The first-order chi connectivity index (χ1) is 13.2. The lowest BCUT2D eigenvalue weighted by atomic mass is 10.1. The number of rotatable bonds is 3. The first-order valence-corrected chi connectivity index (χ1v) is 9.73. The Kier molecular flexibility index (Phi) is 6.30. The summed E-state index contributed by atoms with van der Waals surface area (Å²) in [4.78, 5) is 12.4. The maximum absolute atomic E-state index is 12.4. The van der Waals surface area contributed by atoms with Gasteiger partial charge in [0.15, 0.2) is 10.9 Å². The van der Waals surface area contributed by atoms with Crippen molar-refractivity contribution in [2.24, 2.45) is 0 Å². The highest BCUT2D eigenvalue weighted by atomic mass is 35.5. The van der Waals surface area contributed by atoms with Gasteiger partial charge < -0.3 is 9.73 Å². The Morgan fingerprint density at radius 1 is 0.929 bits per heavy atom. The molecule has 0 spiro atoms.